The van der Waals surface area contributed by atoms with E-state index in [0.717, 1.165) is 13.0 Å². The fourth-order valence-electron chi connectivity index (χ4n) is 3.27. The summed E-state index contributed by atoms with van der Waals surface area (Å²) in [6, 6.07) is 1.25. The molecule has 0 radical (unpaired) electrons. The van der Waals surface area contributed by atoms with Crippen LogP contribution in [0.1, 0.15) is 16.9 Å². The molecule has 118 valence electrons. The van der Waals surface area contributed by atoms with Gasteiger partial charge < -0.3 is 19.5 Å². The first kappa shape index (κ1) is 14.6. The Bertz CT molecular complexity index is 669. The van der Waals surface area contributed by atoms with Crippen molar-refractivity contribution in [3.8, 4) is 5.75 Å². The minimum atomic E-state index is -0.336. The quantitative estimate of drug-likeness (QED) is 0.829. The van der Waals surface area contributed by atoms with E-state index in [1.165, 1.54) is 19.4 Å². The Morgan fingerprint density at radius 1 is 1.36 bits per heavy atom. The maximum Gasteiger partial charge on any atom is 0.270 e. The zero-order valence-corrected chi connectivity index (χ0v) is 12.7. The molecule has 0 aliphatic carbocycles. The predicted molar refractivity (Wildman–Crippen MR) is 78.8 cm³/mol. The van der Waals surface area contributed by atoms with Crippen LogP contribution in [0.3, 0.4) is 0 Å². The maximum absolute atomic E-state index is 12.5. The number of likely N-dealkylation sites (tertiary alicyclic amines) is 2. The van der Waals surface area contributed by atoms with Crippen molar-refractivity contribution in [2.45, 2.75) is 6.42 Å². The molecule has 22 heavy (non-hydrogen) atoms. The zero-order chi connectivity index (χ0) is 15.9. The molecule has 3 heterocycles. The number of hydrogen-bond donors (Lipinski definition) is 1. The normalized spacial score (nSPS) is 24.4. The molecule has 3 rings (SSSR count). The number of rotatable bonds is 2. The van der Waals surface area contributed by atoms with Crippen LogP contribution in [-0.2, 0) is 4.79 Å². The van der Waals surface area contributed by atoms with E-state index in [9.17, 15) is 14.4 Å². The Kier molecular flexibility index (Phi) is 3.64. The largest absolute Gasteiger partial charge is 0.491 e. The number of methoxy groups -OCH3 is 1. The number of carbonyl (C=O) groups excluding carboxylic acids is 2. The first-order valence-corrected chi connectivity index (χ1v) is 7.32. The highest BCUT2D eigenvalue weighted by Gasteiger charge is 2.43. The van der Waals surface area contributed by atoms with Gasteiger partial charge in [0.1, 0.15) is 5.69 Å². The van der Waals surface area contributed by atoms with Gasteiger partial charge in [0.05, 0.1) is 13.0 Å². The van der Waals surface area contributed by atoms with E-state index in [-0.39, 0.29) is 40.5 Å². The summed E-state index contributed by atoms with van der Waals surface area (Å²) in [5, 5.41) is 0. The number of piperidine rings is 1. The van der Waals surface area contributed by atoms with Gasteiger partial charge in [0.25, 0.3) is 5.91 Å². The lowest BCUT2D eigenvalue weighted by atomic mass is 9.88. The molecule has 7 heteroatoms. The highest BCUT2D eigenvalue weighted by Crippen LogP contribution is 2.32. The first-order chi connectivity index (χ1) is 10.5. The van der Waals surface area contributed by atoms with Gasteiger partial charge in [-0.2, -0.15) is 0 Å². The number of nitrogens with one attached hydrogen (secondary N) is 1. The molecule has 2 amide bonds. The van der Waals surface area contributed by atoms with Gasteiger partial charge in [0, 0.05) is 38.9 Å². The van der Waals surface area contributed by atoms with E-state index in [0.29, 0.717) is 13.1 Å². The lowest BCUT2D eigenvalue weighted by molar-refractivity contribution is -0.137. The molecule has 0 unspecified atom stereocenters. The lowest BCUT2D eigenvalue weighted by Gasteiger charge is -2.30. The molecule has 2 fully saturated rings. The molecule has 0 bridgehead atoms. The predicted octanol–water partition coefficient (Wildman–Crippen LogP) is -0.0662. The van der Waals surface area contributed by atoms with Crippen LogP contribution in [0, 0.1) is 11.8 Å². The van der Waals surface area contributed by atoms with E-state index in [2.05, 4.69) is 4.98 Å². The molecule has 1 N–H and O–H groups in total. The summed E-state index contributed by atoms with van der Waals surface area (Å²) in [7, 11) is 3.20. The Balaban J connectivity index is 1.78. The zero-order valence-electron chi connectivity index (χ0n) is 12.7. The summed E-state index contributed by atoms with van der Waals surface area (Å²) in [6.07, 6.45) is 2.30. The van der Waals surface area contributed by atoms with Crippen molar-refractivity contribution >= 4 is 11.8 Å². The third-order valence-electron chi connectivity index (χ3n) is 4.58. The molecular formula is C15H19N3O4. The number of aromatic nitrogens is 1. The summed E-state index contributed by atoms with van der Waals surface area (Å²) in [5.74, 6) is 0.133. The van der Waals surface area contributed by atoms with Gasteiger partial charge >= 0.3 is 0 Å². The van der Waals surface area contributed by atoms with Gasteiger partial charge in [-0.25, -0.2) is 0 Å². The lowest BCUT2D eigenvalue weighted by Crippen LogP contribution is -2.42. The second kappa shape index (κ2) is 5.47. The van der Waals surface area contributed by atoms with E-state index < -0.39 is 0 Å². The van der Waals surface area contributed by atoms with E-state index in [1.807, 2.05) is 0 Å². The van der Waals surface area contributed by atoms with E-state index in [1.54, 1.807) is 16.8 Å². The van der Waals surface area contributed by atoms with Crippen molar-refractivity contribution in [2.75, 3.05) is 33.8 Å². The van der Waals surface area contributed by atoms with Crippen LogP contribution in [0.2, 0.25) is 0 Å². The molecular weight excluding hydrogens is 286 g/mol. The fraction of sp³-hybridized carbons (Fsp3) is 0.533. The van der Waals surface area contributed by atoms with Gasteiger partial charge in [-0.1, -0.05) is 0 Å². The minimum absolute atomic E-state index is 0.106. The summed E-state index contributed by atoms with van der Waals surface area (Å²) >= 11 is 0. The van der Waals surface area contributed by atoms with Crippen molar-refractivity contribution in [3.05, 3.63) is 28.2 Å². The number of H-pyrrole nitrogens is 1. The molecule has 1 aromatic heterocycles. The van der Waals surface area contributed by atoms with E-state index in [4.69, 9.17) is 4.74 Å². The van der Waals surface area contributed by atoms with Crippen LogP contribution in [0.4, 0.5) is 0 Å². The van der Waals surface area contributed by atoms with Crippen molar-refractivity contribution in [1.82, 2.24) is 14.8 Å². The fourth-order valence-corrected chi connectivity index (χ4v) is 3.27. The smallest absolute Gasteiger partial charge is 0.270 e. The van der Waals surface area contributed by atoms with Crippen molar-refractivity contribution in [1.29, 1.82) is 0 Å². The van der Waals surface area contributed by atoms with Crippen molar-refractivity contribution < 1.29 is 14.3 Å². The van der Waals surface area contributed by atoms with Crippen LogP contribution in [0.25, 0.3) is 0 Å². The molecule has 2 aliphatic rings. The summed E-state index contributed by atoms with van der Waals surface area (Å²) < 4.78 is 4.89. The topological polar surface area (TPSA) is 82.7 Å². The van der Waals surface area contributed by atoms with Crippen LogP contribution in [0.15, 0.2) is 17.1 Å². The van der Waals surface area contributed by atoms with Gasteiger partial charge in [-0.3, -0.25) is 14.4 Å². The number of pyridine rings is 1. The van der Waals surface area contributed by atoms with Gasteiger partial charge in [0.2, 0.25) is 11.3 Å². The third kappa shape index (κ3) is 2.36. The van der Waals surface area contributed by atoms with Crippen LogP contribution >= 0.6 is 0 Å². The summed E-state index contributed by atoms with van der Waals surface area (Å²) in [4.78, 5) is 42.6. The van der Waals surface area contributed by atoms with E-state index >= 15 is 0 Å². The highest BCUT2D eigenvalue weighted by atomic mass is 16.5. The number of aromatic amines is 1. The average molecular weight is 305 g/mol. The molecule has 2 aliphatic heterocycles. The van der Waals surface area contributed by atoms with Gasteiger partial charge in [0.15, 0.2) is 5.75 Å². The Hall–Kier alpha value is -2.31. The molecule has 0 spiro atoms. The summed E-state index contributed by atoms with van der Waals surface area (Å²) in [5.41, 5.74) is -0.109. The molecule has 0 aromatic carbocycles. The van der Waals surface area contributed by atoms with Gasteiger partial charge in [-0.15, -0.1) is 0 Å². The number of nitrogens with zero attached hydrogens (tertiary/aromatic N) is 2. The van der Waals surface area contributed by atoms with Crippen LogP contribution < -0.4 is 10.2 Å². The molecule has 2 saturated heterocycles. The van der Waals surface area contributed by atoms with Crippen molar-refractivity contribution in [2.24, 2.45) is 11.8 Å². The van der Waals surface area contributed by atoms with Gasteiger partial charge in [-0.05, 0) is 12.3 Å². The Morgan fingerprint density at radius 3 is 2.82 bits per heavy atom. The van der Waals surface area contributed by atoms with Crippen LogP contribution in [-0.4, -0.2) is 60.4 Å². The molecule has 2 atom stereocenters. The second-order valence-corrected chi connectivity index (χ2v) is 5.90. The monoisotopic (exact) mass is 305 g/mol. The van der Waals surface area contributed by atoms with Crippen LogP contribution in [0.5, 0.6) is 5.75 Å². The number of fused-ring (bicyclic) bond motifs is 1. The number of hydrogen-bond acceptors (Lipinski definition) is 4. The number of amides is 2. The number of ether oxygens (including phenoxy) is 1. The summed E-state index contributed by atoms with van der Waals surface area (Å²) in [6.45, 7) is 1.72. The minimum Gasteiger partial charge on any atom is -0.491 e. The highest BCUT2D eigenvalue weighted by molar-refractivity contribution is 5.93. The molecule has 7 nitrogen and oxygen atoms in total. The number of carbonyl (C=O) groups is 2. The first-order valence-electron chi connectivity index (χ1n) is 7.32. The van der Waals surface area contributed by atoms with Crippen molar-refractivity contribution in [3.63, 3.8) is 0 Å². The average Bonchev–Trinajstić information content (AvgIpc) is 2.95. The maximum atomic E-state index is 12.5. The molecule has 1 aromatic rings. The SMILES string of the molecule is COc1c[nH]c(C(=O)N2C[C@H]3CCN(C)C(=O)[C@H]3C2)cc1=O. The second-order valence-electron chi connectivity index (χ2n) is 5.90. The third-order valence-corrected chi connectivity index (χ3v) is 4.58. The molecule has 0 saturated carbocycles. The Labute approximate surface area is 127 Å². The Morgan fingerprint density at radius 2 is 2.14 bits per heavy atom. The standard InChI is InChI=1S/C15H19N3O4/c1-17-4-3-9-7-18(8-10(9)14(17)20)15(21)11-5-12(19)13(22-2)6-16-11/h5-6,9-10H,3-4,7-8H2,1-2H3,(H,16,19)/t9-,10+/m1/s1.